The standard InChI is InChI=1S/C15H19NOS2/c1-16(2)13-8-5-12(6-9-13)7-10-14(17)11-15(18-3)19-4/h5-11H,1-4H3/b10-7+. The summed E-state index contributed by atoms with van der Waals surface area (Å²) >= 11 is 3.18. The van der Waals surface area contributed by atoms with Gasteiger partial charge in [0.2, 0.25) is 0 Å². The molecule has 0 saturated carbocycles. The SMILES string of the molecule is CSC(=CC(=O)/C=C/c1ccc(N(C)C)cc1)SC. The second-order valence-corrected chi connectivity index (χ2v) is 6.05. The molecule has 0 aliphatic heterocycles. The Balaban J connectivity index is 2.71. The van der Waals surface area contributed by atoms with Gasteiger partial charge in [-0.3, -0.25) is 4.79 Å². The summed E-state index contributed by atoms with van der Waals surface area (Å²) in [6, 6.07) is 8.09. The predicted octanol–water partition coefficient (Wildman–Crippen LogP) is 3.90. The topological polar surface area (TPSA) is 20.3 Å². The van der Waals surface area contributed by atoms with E-state index in [9.17, 15) is 4.79 Å². The average molecular weight is 293 g/mol. The molecule has 0 radical (unpaired) electrons. The van der Waals surface area contributed by atoms with Gasteiger partial charge in [0.15, 0.2) is 5.78 Å². The second-order valence-electron chi connectivity index (χ2n) is 4.09. The van der Waals surface area contributed by atoms with Crippen molar-refractivity contribution in [3.05, 3.63) is 46.2 Å². The van der Waals surface area contributed by atoms with E-state index in [0.29, 0.717) is 0 Å². The highest BCUT2D eigenvalue weighted by molar-refractivity contribution is 8.21. The van der Waals surface area contributed by atoms with Crippen LogP contribution in [0.4, 0.5) is 5.69 Å². The minimum absolute atomic E-state index is 0.0235. The van der Waals surface area contributed by atoms with E-state index in [1.807, 2.05) is 61.8 Å². The minimum Gasteiger partial charge on any atom is -0.378 e. The molecule has 0 heterocycles. The van der Waals surface area contributed by atoms with Crippen molar-refractivity contribution in [3.63, 3.8) is 0 Å². The molecule has 19 heavy (non-hydrogen) atoms. The maximum absolute atomic E-state index is 11.7. The highest BCUT2D eigenvalue weighted by Crippen LogP contribution is 2.23. The molecule has 0 fully saturated rings. The Morgan fingerprint density at radius 2 is 1.68 bits per heavy atom. The molecule has 4 heteroatoms. The van der Waals surface area contributed by atoms with Gasteiger partial charge >= 0.3 is 0 Å². The van der Waals surface area contributed by atoms with Crippen molar-refractivity contribution < 1.29 is 4.79 Å². The van der Waals surface area contributed by atoms with E-state index in [1.54, 1.807) is 35.7 Å². The van der Waals surface area contributed by atoms with Crippen molar-refractivity contribution in [2.24, 2.45) is 0 Å². The van der Waals surface area contributed by atoms with Crippen LogP contribution in [0.1, 0.15) is 5.56 Å². The van der Waals surface area contributed by atoms with E-state index >= 15 is 0 Å². The van der Waals surface area contributed by atoms with Gasteiger partial charge in [0.1, 0.15) is 0 Å². The van der Waals surface area contributed by atoms with Crippen LogP contribution in [0.3, 0.4) is 0 Å². The van der Waals surface area contributed by atoms with Crippen LogP contribution >= 0.6 is 23.5 Å². The molecular formula is C15H19NOS2. The molecule has 0 N–H and O–H groups in total. The van der Waals surface area contributed by atoms with Gasteiger partial charge in [0, 0.05) is 30.1 Å². The molecule has 0 bridgehead atoms. The number of nitrogens with zero attached hydrogens (tertiary/aromatic N) is 1. The third-order valence-corrected chi connectivity index (χ3v) is 4.55. The third-order valence-electron chi connectivity index (χ3n) is 2.51. The molecule has 102 valence electrons. The number of carbonyl (C=O) groups is 1. The lowest BCUT2D eigenvalue weighted by Crippen LogP contribution is -2.07. The number of rotatable bonds is 6. The monoisotopic (exact) mass is 293 g/mol. The van der Waals surface area contributed by atoms with Crippen molar-refractivity contribution in [2.45, 2.75) is 0 Å². The molecule has 2 nitrogen and oxygen atoms in total. The fourth-order valence-corrected chi connectivity index (χ4v) is 2.56. The van der Waals surface area contributed by atoms with Crippen LogP contribution in [0, 0.1) is 0 Å². The lowest BCUT2D eigenvalue weighted by atomic mass is 10.1. The number of ketones is 1. The Kier molecular flexibility index (Phi) is 6.81. The molecule has 1 rings (SSSR count). The van der Waals surface area contributed by atoms with Crippen LogP contribution in [-0.2, 0) is 4.79 Å². The highest BCUT2D eigenvalue weighted by atomic mass is 32.2. The number of hydrogen-bond donors (Lipinski definition) is 0. The van der Waals surface area contributed by atoms with Crippen LogP contribution in [0.25, 0.3) is 6.08 Å². The zero-order valence-electron chi connectivity index (χ0n) is 11.7. The molecule has 1 aromatic carbocycles. The Hall–Kier alpha value is -1.13. The van der Waals surface area contributed by atoms with Gasteiger partial charge in [0.25, 0.3) is 0 Å². The van der Waals surface area contributed by atoms with E-state index in [2.05, 4.69) is 0 Å². The summed E-state index contributed by atoms with van der Waals surface area (Å²) in [5, 5.41) is 0. The summed E-state index contributed by atoms with van der Waals surface area (Å²) in [5.41, 5.74) is 2.18. The Morgan fingerprint density at radius 3 is 2.16 bits per heavy atom. The van der Waals surface area contributed by atoms with Crippen molar-refractivity contribution in [1.29, 1.82) is 0 Å². The lowest BCUT2D eigenvalue weighted by Gasteiger charge is -2.11. The van der Waals surface area contributed by atoms with Crippen LogP contribution in [0.15, 0.2) is 40.7 Å². The maximum atomic E-state index is 11.7. The Morgan fingerprint density at radius 1 is 1.11 bits per heavy atom. The van der Waals surface area contributed by atoms with Crippen LogP contribution in [0.5, 0.6) is 0 Å². The average Bonchev–Trinajstić information content (AvgIpc) is 2.43. The summed E-state index contributed by atoms with van der Waals surface area (Å²) in [7, 11) is 4.01. The number of thioether (sulfide) groups is 2. The largest absolute Gasteiger partial charge is 0.378 e. The summed E-state index contributed by atoms with van der Waals surface area (Å²) in [6.07, 6.45) is 9.06. The summed E-state index contributed by atoms with van der Waals surface area (Å²) in [4.78, 5) is 13.8. The minimum atomic E-state index is 0.0235. The van der Waals surface area contributed by atoms with E-state index in [-0.39, 0.29) is 5.78 Å². The molecule has 0 unspecified atom stereocenters. The van der Waals surface area contributed by atoms with Gasteiger partial charge in [-0.05, 0) is 36.3 Å². The van der Waals surface area contributed by atoms with E-state index < -0.39 is 0 Å². The number of carbonyl (C=O) groups excluding carboxylic acids is 1. The predicted molar refractivity (Wildman–Crippen MR) is 89.9 cm³/mol. The van der Waals surface area contributed by atoms with Crippen molar-refractivity contribution in [1.82, 2.24) is 0 Å². The van der Waals surface area contributed by atoms with Gasteiger partial charge in [-0.2, -0.15) is 0 Å². The van der Waals surface area contributed by atoms with Crippen LogP contribution < -0.4 is 4.90 Å². The summed E-state index contributed by atoms with van der Waals surface area (Å²) in [6.45, 7) is 0. The molecule has 0 aliphatic carbocycles. The van der Waals surface area contributed by atoms with E-state index in [4.69, 9.17) is 0 Å². The molecular weight excluding hydrogens is 274 g/mol. The molecule has 0 aromatic heterocycles. The molecule has 0 saturated heterocycles. The van der Waals surface area contributed by atoms with Gasteiger partial charge in [-0.15, -0.1) is 23.5 Å². The number of allylic oxidation sites excluding steroid dienone is 2. The van der Waals surface area contributed by atoms with E-state index in [1.165, 1.54) is 0 Å². The molecule has 0 atom stereocenters. The van der Waals surface area contributed by atoms with Crippen molar-refractivity contribution >= 4 is 41.1 Å². The first kappa shape index (κ1) is 15.9. The summed E-state index contributed by atoms with van der Waals surface area (Å²) in [5.74, 6) is 0.0235. The van der Waals surface area contributed by atoms with Crippen molar-refractivity contribution in [2.75, 3.05) is 31.5 Å². The van der Waals surface area contributed by atoms with Crippen LogP contribution in [-0.4, -0.2) is 32.4 Å². The molecule has 1 aromatic rings. The van der Waals surface area contributed by atoms with Gasteiger partial charge in [0.05, 0.1) is 0 Å². The Labute approximate surface area is 124 Å². The highest BCUT2D eigenvalue weighted by Gasteiger charge is 1.97. The quantitative estimate of drug-likeness (QED) is 0.741. The first-order chi connectivity index (χ1) is 9.06. The second kappa shape index (κ2) is 8.12. The van der Waals surface area contributed by atoms with Crippen molar-refractivity contribution in [3.8, 4) is 0 Å². The zero-order valence-corrected chi connectivity index (χ0v) is 13.3. The Bertz CT molecular complexity index is 469. The molecule has 0 spiro atoms. The van der Waals surface area contributed by atoms with Gasteiger partial charge in [-0.25, -0.2) is 0 Å². The van der Waals surface area contributed by atoms with Crippen LogP contribution in [0.2, 0.25) is 0 Å². The number of hydrogen-bond acceptors (Lipinski definition) is 4. The fourth-order valence-electron chi connectivity index (χ4n) is 1.43. The normalized spacial score (nSPS) is 10.5. The van der Waals surface area contributed by atoms with Gasteiger partial charge < -0.3 is 4.90 Å². The maximum Gasteiger partial charge on any atom is 0.180 e. The number of benzene rings is 1. The van der Waals surface area contributed by atoms with Gasteiger partial charge in [-0.1, -0.05) is 18.2 Å². The van der Waals surface area contributed by atoms with E-state index in [0.717, 1.165) is 15.5 Å². The molecule has 0 aliphatic rings. The third kappa shape index (κ3) is 5.57. The smallest absolute Gasteiger partial charge is 0.180 e. The first-order valence-electron chi connectivity index (χ1n) is 5.86. The molecule has 0 amide bonds. The number of anilines is 1. The lowest BCUT2D eigenvalue weighted by molar-refractivity contribution is -0.110. The first-order valence-corrected chi connectivity index (χ1v) is 8.31. The fraction of sp³-hybridized carbons (Fsp3) is 0.267. The summed E-state index contributed by atoms with van der Waals surface area (Å²) < 4.78 is 1.03. The zero-order chi connectivity index (χ0) is 14.3.